The Kier molecular flexibility index (Phi) is 5.58. The Morgan fingerprint density at radius 2 is 2.00 bits per heavy atom. The van der Waals surface area contributed by atoms with Gasteiger partial charge in [0.2, 0.25) is 11.9 Å². The Balaban J connectivity index is 2.28. The lowest BCUT2D eigenvalue weighted by Gasteiger charge is -2.10. The van der Waals surface area contributed by atoms with Crippen LogP contribution in [0.1, 0.15) is 13.3 Å². The molecule has 1 aromatic heterocycles. The van der Waals surface area contributed by atoms with Crippen LogP contribution in [-0.4, -0.2) is 28.6 Å². The molecule has 0 unspecified atom stereocenters. The number of rotatable bonds is 6. The predicted octanol–water partition coefficient (Wildman–Crippen LogP) is 3.86. The quantitative estimate of drug-likeness (QED) is 0.802. The zero-order valence-corrected chi connectivity index (χ0v) is 14.0. The van der Waals surface area contributed by atoms with Gasteiger partial charge >= 0.3 is 6.01 Å². The molecule has 1 aromatic carbocycles. The molecule has 2 rings (SSSR count). The molecule has 21 heavy (non-hydrogen) atoms. The molecule has 0 saturated carbocycles. The van der Waals surface area contributed by atoms with Gasteiger partial charge in [-0.1, -0.05) is 24.6 Å². The summed E-state index contributed by atoms with van der Waals surface area (Å²) in [6, 6.07) is 5.77. The zero-order valence-electron chi connectivity index (χ0n) is 11.7. The van der Waals surface area contributed by atoms with Crippen LogP contribution in [-0.2, 0) is 0 Å². The third-order valence-corrected chi connectivity index (χ3v) is 3.87. The van der Waals surface area contributed by atoms with Crippen molar-refractivity contribution in [2.45, 2.75) is 13.3 Å². The van der Waals surface area contributed by atoms with Gasteiger partial charge in [0, 0.05) is 7.05 Å². The van der Waals surface area contributed by atoms with Gasteiger partial charge in [-0.3, -0.25) is 0 Å². The van der Waals surface area contributed by atoms with Crippen molar-refractivity contribution in [2.24, 2.45) is 0 Å². The van der Waals surface area contributed by atoms with Crippen LogP contribution < -0.4 is 15.4 Å². The number of aromatic nitrogens is 3. The summed E-state index contributed by atoms with van der Waals surface area (Å²) in [5.41, 5.74) is 0.761. The first-order valence-corrected chi connectivity index (χ1v) is 7.58. The maximum atomic E-state index is 6.06. The maximum absolute atomic E-state index is 6.06. The van der Waals surface area contributed by atoms with Gasteiger partial charge in [-0.05, 0) is 34.5 Å². The molecule has 0 aliphatic rings. The SMILES string of the molecule is CCCOc1nc(NC)nc(Nc2cccc(Cl)c2Br)n1. The van der Waals surface area contributed by atoms with Gasteiger partial charge in [0.15, 0.2) is 0 Å². The molecule has 0 saturated heterocycles. The monoisotopic (exact) mass is 371 g/mol. The van der Waals surface area contributed by atoms with E-state index in [0.717, 1.165) is 16.6 Å². The molecule has 0 amide bonds. The first-order valence-electron chi connectivity index (χ1n) is 6.41. The number of hydrogen-bond donors (Lipinski definition) is 2. The van der Waals surface area contributed by atoms with Crippen molar-refractivity contribution in [1.29, 1.82) is 0 Å². The topological polar surface area (TPSA) is 72.0 Å². The molecule has 0 radical (unpaired) electrons. The van der Waals surface area contributed by atoms with Gasteiger partial charge in [-0.15, -0.1) is 0 Å². The molecular formula is C13H15BrClN5O. The van der Waals surface area contributed by atoms with Crippen LogP contribution in [0.4, 0.5) is 17.6 Å². The highest BCUT2D eigenvalue weighted by molar-refractivity contribution is 9.10. The molecule has 1 heterocycles. The van der Waals surface area contributed by atoms with Crippen molar-refractivity contribution in [3.63, 3.8) is 0 Å². The van der Waals surface area contributed by atoms with Crippen molar-refractivity contribution in [2.75, 3.05) is 24.3 Å². The minimum atomic E-state index is 0.275. The summed E-state index contributed by atoms with van der Waals surface area (Å²) in [6.07, 6.45) is 0.878. The maximum Gasteiger partial charge on any atom is 0.323 e. The Morgan fingerprint density at radius 3 is 2.71 bits per heavy atom. The lowest BCUT2D eigenvalue weighted by molar-refractivity contribution is 0.292. The van der Waals surface area contributed by atoms with Gasteiger partial charge in [0.25, 0.3) is 0 Å². The van der Waals surface area contributed by atoms with E-state index in [1.54, 1.807) is 13.1 Å². The van der Waals surface area contributed by atoms with Gasteiger partial charge < -0.3 is 15.4 Å². The van der Waals surface area contributed by atoms with Crippen molar-refractivity contribution in [3.05, 3.63) is 27.7 Å². The highest BCUT2D eigenvalue weighted by Gasteiger charge is 2.09. The number of halogens is 2. The van der Waals surface area contributed by atoms with Crippen molar-refractivity contribution < 1.29 is 4.74 Å². The van der Waals surface area contributed by atoms with Crippen LogP contribution in [0, 0.1) is 0 Å². The van der Waals surface area contributed by atoms with Crippen LogP contribution >= 0.6 is 27.5 Å². The third-order valence-electron chi connectivity index (χ3n) is 2.47. The minimum Gasteiger partial charge on any atom is -0.463 e. The molecule has 0 aliphatic heterocycles. The lowest BCUT2D eigenvalue weighted by Crippen LogP contribution is -2.07. The Morgan fingerprint density at radius 1 is 1.24 bits per heavy atom. The Bertz CT molecular complexity index is 626. The smallest absolute Gasteiger partial charge is 0.323 e. The largest absolute Gasteiger partial charge is 0.463 e. The Labute approximate surface area is 136 Å². The van der Waals surface area contributed by atoms with E-state index in [1.807, 2.05) is 19.1 Å². The number of benzene rings is 1. The zero-order chi connectivity index (χ0) is 15.2. The molecule has 6 nitrogen and oxygen atoms in total. The summed E-state index contributed by atoms with van der Waals surface area (Å²) >= 11 is 9.48. The number of nitrogens with zero attached hydrogens (tertiary/aromatic N) is 3. The van der Waals surface area contributed by atoms with Crippen molar-refractivity contribution >= 4 is 45.1 Å². The highest BCUT2D eigenvalue weighted by atomic mass is 79.9. The van der Waals surface area contributed by atoms with Crippen molar-refractivity contribution in [1.82, 2.24) is 15.0 Å². The number of ether oxygens (including phenoxy) is 1. The predicted molar refractivity (Wildman–Crippen MR) is 87.6 cm³/mol. The fourth-order valence-electron chi connectivity index (χ4n) is 1.50. The lowest BCUT2D eigenvalue weighted by atomic mass is 10.3. The summed E-state index contributed by atoms with van der Waals surface area (Å²) in [6.45, 7) is 2.57. The normalized spacial score (nSPS) is 10.3. The van der Waals surface area contributed by atoms with Crippen molar-refractivity contribution in [3.8, 4) is 6.01 Å². The molecular weight excluding hydrogens is 358 g/mol. The van der Waals surface area contributed by atoms with Crippen LogP contribution in [0.3, 0.4) is 0 Å². The first kappa shape index (κ1) is 15.8. The number of nitrogens with one attached hydrogen (secondary N) is 2. The minimum absolute atomic E-state index is 0.275. The van der Waals surface area contributed by atoms with Crippen LogP contribution in [0.5, 0.6) is 6.01 Å². The summed E-state index contributed by atoms with van der Waals surface area (Å²) < 4.78 is 6.19. The summed E-state index contributed by atoms with van der Waals surface area (Å²) in [5, 5.41) is 6.57. The second kappa shape index (κ2) is 7.42. The second-order valence-electron chi connectivity index (χ2n) is 4.09. The molecule has 0 spiro atoms. The third kappa shape index (κ3) is 4.18. The summed E-state index contributed by atoms with van der Waals surface area (Å²) in [5.74, 6) is 0.806. The summed E-state index contributed by atoms with van der Waals surface area (Å²) in [4.78, 5) is 12.6. The fraction of sp³-hybridized carbons (Fsp3) is 0.308. The standard InChI is InChI=1S/C13H15BrClN5O/c1-3-7-21-13-19-11(16-2)18-12(20-13)17-9-6-4-5-8(15)10(9)14/h4-6H,3,7H2,1-2H3,(H2,16,17,18,19,20). The Hall–Kier alpha value is -1.60. The van der Waals surface area contributed by atoms with E-state index in [9.17, 15) is 0 Å². The van der Waals surface area contributed by atoms with E-state index >= 15 is 0 Å². The molecule has 2 aromatic rings. The van der Waals surface area contributed by atoms with Crippen LogP contribution in [0.25, 0.3) is 0 Å². The molecule has 0 aliphatic carbocycles. The van der Waals surface area contributed by atoms with E-state index < -0.39 is 0 Å². The second-order valence-corrected chi connectivity index (χ2v) is 5.29. The fourth-order valence-corrected chi connectivity index (χ4v) is 2.04. The molecule has 8 heteroatoms. The van der Waals surface area contributed by atoms with E-state index in [2.05, 4.69) is 41.5 Å². The van der Waals surface area contributed by atoms with E-state index in [-0.39, 0.29) is 6.01 Å². The van der Waals surface area contributed by atoms with E-state index in [1.165, 1.54) is 0 Å². The number of anilines is 3. The number of hydrogen-bond acceptors (Lipinski definition) is 6. The van der Waals surface area contributed by atoms with Gasteiger partial charge in [-0.2, -0.15) is 15.0 Å². The van der Waals surface area contributed by atoms with Gasteiger partial charge in [0.1, 0.15) is 0 Å². The molecule has 0 atom stereocenters. The molecule has 0 fully saturated rings. The average Bonchev–Trinajstić information content (AvgIpc) is 2.49. The highest BCUT2D eigenvalue weighted by Crippen LogP contribution is 2.31. The van der Waals surface area contributed by atoms with Crippen LogP contribution in [0.15, 0.2) is 22.7 Å². The first-order chi connectivity index (χ1) is 10.1. The van der Waals surface area contributed by atoms with Crippen LogP contribution in [0.2, 0.25) is 5.02 Å². The van der Waals surface area contributed by atoms with Gasteiger partial charge in [-0.25, -0.2) is 0 Å². The summed E-state index contributed by atoms with van der Waals surface area (Å²) in [7, 11) is 1.73. The average molecular weight is 373 g/mol. The molecule has 112 valence electrons. The molecule has 2 N–H and O–H groups in total. The van der Waals surface area contributed by atoms with E-state index in [4.69, 9.17) is 16.3 Å². The van der Waals surface area contributed by atoms with Gasteiger partial charge in [0.05, 0.1) is 21.8 Å². The van der Waals surface area contributed by atoms with E-state index in [0.29, 0.717) is 23.5 Å². The molecule has 0 bridgehead atoms.